The van der Waals surface area contributed by atoms with E-state index < -0.39 is 17.9 Å². The lowest BCUT2D eigenvalue weighted by molar-refractivity contribution is -0.147. The van der Waals surface area contributed by atoms with Crippen molar-refractivity contribution in [3.8, 4) is 0 Å². The number of piperidine rings is 1. The van der Waals surface area contributed by atoms with E-state index in [2.05, 4.69) is 10.3 Å². The van der Waals surface area contributed by atoms with E-state index in [9.17, 15) is 14.4 Å². The molecule has 1 atom stereocenters. The molecular weight excluding hydrogens is 262 g/mol. The van der Waals surface area contributed by atoms with Crippen LogP contribution in [-0.4, -0.2) is 51.8 Å². The second-order valence-corrected chi connectivity index (χ2v) is 4.64. The number of hydrogen-bond donors (Lipinski definition) is 2. The van der Waals surface area contributed by atoms with Gasteiger partial charge in [-0.1, -0.05) is 0 Å². The Morgan fingerprint density at radius 2 is 2.30 bits per heavy atom. The van der Waals surface area contributed by atoms with Gasteiger partial charge in [-0.25, -0.2) is 4.98 Å². The van der Waals surface area contributed by atoms with Crippen molar-refractivity contribution in [2.45, 2.75) is 25.4 Å². The summed E-state index contributed by atoms with van der Waals surface area (Å²) in [5.74, 6) is -1.05. The molecule has 3 amide bonds. The third-order valence-corrected chi connectivity index (χ3v) is 3.21. The van der Waals surface area contributed by atoms with Crippen LogP contribution in [0.25, 0.3) is 0 Å². The van der Waals surface area contributed by atoms with Crippen LogP contribution in [0, 0.1) is 0 Å². The Morgan fingerprint density at radius 1 is 1.55 bits per heavy atom. The number of imide groups is 1. The maximum Gasteiger partial charge on any atom is 0.272 e. The van der Waals surface area contributed by atoms with Crippen LogP contribution in [0.4, 0.5) is 0 Å². The molecule has 1 aromatic heterocycles. The molecule has 0 bridgehead atoms. The number of likely N-dealkylation sites (N-methyl/N-ethyl adjacent to an activating group) is 1. The Morgan fingerprint density at radius 3 is 3.00 bits per heavy atom. The van der Waals surface area contributed by atoms with Gasteiger partial charge >= 0.3 is 0 Å². The topological polar surface area (TPSA) is 110 Å². The number of hydrogen-bond acceptors (Lipinski definition) is 5. The molecule has 1 aromatic rings. The molecule has 8 heteroatoms. The first-order chi connectivity index (χ1) is 9.52. The number of nitrogens with zero attached hydrogens (tertiary/aromatic N) is 3. The fourth-order valence-electron chi connectivity index (χ4n) is 2.03. The minimum Gasteiger partial charge on any atom is -0.339 e. The predicted octanol–water partition coefficient (Wildman–Crippen LogP) is -1.28. The summed E-state index contributed by atoms with van der Waals surface area (Å²) in [4.78, 5) is 40.2. The molecular formula is C12H17N5O3. The van der Waals surface area contributed by atoms with Gasteiger partial charge in [-0.2, -0.15) is 0 Å². The number of carbonyl (C=O) groups is 3. The van der Waals surface area contributed by atoms with Crippen molar-refractivity contribution in [3.05, 3.63) is 18.2 Å². The van der Waals surface area contributed by atoms with Crippen molar-refractivity contribution in [1.82, 2.24) is 19.8 Å². The van der Waals surface area contributed by atoms with Gasteiger partial charge in [0.05, 0.1) is 6.33 Å². The first-order valence-electron chi connectivity index (χ1n) is 6.36. The van der Waals surface area contributed by atoms with Crippen LogP contribution in [0.3, 0.4) is 0 Å². The van der Waals surface area contributed by atoms with Crippen molar-refractivity contribution in [2.24, 2.45) is 5.73 Å². The highest BCUT2D eigenvalue weighted by atomic mass is 16.2. The monoisotopic (exact) mass is 279 g/mol. The average molecular weight is 279 g/mol. The first kappa shape index (κ1) is 14.2. The summed E-state index contributed by atoms with van der Waals surface area (Å²) in [6.45, 7) is 1.02. The van der Waals surface area contributed by atoms with E-state index >= 15 is 0 Å². The number of amides is 3. The van der Waals surface area contributed by atoms with Crippen molar-refractivity contribution in [2.75, 3.05) is 13.6 Å². The molecule has 0 aromatic carbocycles. The van der Waals surface area contributed by atoms with Gasteiger partial charge in [-0.15, -0.1) is 0 Å². The highest BCUT2D eigenvalue weighted by molar-refractivity contribution is 6.03. The summed E-state index contributed by atoms with van der Waals surface area (Å²) in [5.41, 5.74) is 5.64. The van der Waals surface area contributed by atoms with E-state index in [4.69, 9.17) is 5.73 Å². The molecule has 0 saturated carbocycles. The summed E-state index contributed by atoms with van der Waals surface area (Å²) >= 11 is 0. The lowest BCUT2D eigenvalue weighted by atomic mass is 10.0. The van der Waals surface area contributed by atoms with Gasteiger partial charge in [-0.05, 0) is 6.42 Å². The highest BCUT2D eigenvalue weighted by Crippen LogP contribution is 2.12. The summed E-state index contributed by atoms with van der Waals surface area (Å²) in [6.07, 6.45) is 3.65. The fraction of sp³-hybridized carbons (Fsp3) is 0.500. The standard InChI is InChI=1S/C12H17N5O3/c1-16-10(18)3-2-8(12(16)20)15-11(19)9-6-17(5-4-13)7-14-9/h6-8H,2-5,13H2,1H3,(H,15,19). The van der Waals surface area contributed by atoms with Gasteiger partial charge in [0, 0.05) is 32.8 Å². The highest BCUT2D eigenvalue weighted by Gasteiger charge is 2.33. The van der Waals surface area contributed by atoms with E-state index in [1.54, 1.807) is 10.8 Å². The number of likely N-dealkylation sites (tertiary alicyclic amines) is 1. The fourth-order valence-corrected chi connectivity index (χ4v) is 2.03. The number of nitrogens with one attached hydrogen (secondary N) is 1. The van der Waals surface area contributed by atoms with Gasteiger partial charge in [0.15, 0.2) is 0 Å². The van der Waals surface area contributed by atoms with Gasteiger partial charge in [0.25, 0.3) is 11.8 Å². The number of rotatable bonds is 4. The molecule has 0 spiro atoms. The van der Waals surface area contributed by atoms with E-state index in [0.29, 0.717) is 19.5 Å². The molecule has 2 rings (SSSR count). The predicted molar refractivity (Wildman–Crippen MR) is 69.5 cm³/mol. The van der Waals surface area contributed by atoms with E-state index in [0.717, 1.165) is 4.90 Å². The molecule has 1 unspecified atom stereocenters. The maximum absolute atomic E-state index is 12.0. The summed E-state index contributed by atoms with van der Waals surface area (Å²) in [5, 5.41) is 2.60. The van der Waals surface area contributed by atoms with Crippen LogP contribution in [0.5, 0.6) is 0 Å². The molecule has 1 fully saturated rings. The van der Waals surface area contributed by atoms with Gasteiger partial charge in [-0.3, -0.25) is 19.3 Å². The van der Waals surface area contributed by atoms with Crippen LogP contribution in [0.1, 0.15) is 23.3 Å². The van der Waals surface area contributed by atoms with Crippen molar-refractivity contribution < 1.29 is 14.4 Å². The minimum atomic E-state index is -0.676. The van der Waals surface area contributed by atoms with Gasteiger partial charge in [0.2, 0.25) is 5.91 Å². The molecule has 3 N–H and O–H groups in total. The normalized spacial score (nSPS) is 19.3. The zero-order valence-electron chi connectivity index (χ0n) is 11.2. The molecule has 2 heterocycles. The summed E-state index contributed by atoms with van der Waals surface area (Å²) < 4.78 is 1.70. The zero-order valence-corrected chi connectivity index (χ0v) is 11.2. The summed E-state index contributed by atoms with van der Waals surface area (Å²) in [6, 6.07) is -0.676. The number of carbonyl (C=O) groups excluding carboxylic acids is 3. The van der Waals surface area contributed by atoms with E-state index in [1.165, 1.54) is 13.4 Å². The SMILES string of the molecule is CN1C(=O)CCC(NC(=O)c2cn(CCN)cn2)C1=O. The molecule has 1 aliphatic heterocycles. The zero-order chi connectivity index (χ0) is 14.7. The Hall–Kier alpha value is -2.22. The molecule has 0 aliphatic carbocycles. The number of aromatic nitrogens is 2. The Kier molecular flexibility index (Phi) is 4.14. The third kappa shape index (κ3) is 2.85. The minimum absolute atomic E-state index is 0.228. The Labute approximate surface area is 115 Å². The molecule has 1 saturated heterocycles. The molecule has 108 valence electrons. The van der Waals surface area contributed by atoms with E-state index in [-0.39, 0.29) is 18.0 Å². The Bertz CT molecular complexity index is 539. The van der Waals surface area contributed by atoms with Crippen LogP contribution in [0.15, 0.2) is 12.5 Å². The van der Waals surface area contributed by atoms with Crippen LogP contribution < -0.4 is 11.1 Å². The number of nitrogens with two attached hydrogens (primary N) is 1. The lowest BCUT2D eigenvalue weighted by Gasteiger charge is -2.27. The third-order valence-electron chi connectivity index (χ3n) is 3.21. The second kappa shape index (κ2) is 5.83. The Balaban J connectivity index is 2.00. The first-order valence-corrected chi connectivity index (χ1v) is 6.36. The van der Waals surface area contributed by atoms with Crippen molar-refractivity contribution >= 4 is 17.7 Å². The van der Waals surface area contributed by atoms with Crippen LogP contribution >= 0.6 is 0 Å². The maximum atomic E-state index is 12.0. The summed E-state index contributed by atoms with van der Waals surface area (Å²) in [7, 11) is 1.42. The van der Waals surface area contributed by atoms with E-state index in [1.807, 2.05) is 0 Å². The van der Waals surface area contributed by atoms with Crippen LogP contribution in [-0.2, 0) is 16.1 Å². The second-order valence-electron chi connectivity index (χ2n) is 4.64. The average Bonchev–Trinajstić information content (AvgIpc) is 2.88. The largest absolute Gasteiger partial charge is 0.339 e. The quantitative estimate of drug-likeness (QED) is 0.667. The molecule has 0 radical (unpaired) electrons. The van der Waals surface area contributed by atoms with Gasteiger partial charge < -0.3 is 15.6 Å². The lowest BCUT2D eigenvalue weighted by Crippen LogP contribution is -2.52. The van der Waals surface area contributed by atoms with Crippen molar-refractivity contribution in [1.29, 1.82) is 0 Å². The van der Waals surface area contributed by atoms with Crippen LogP contribution in [0.2, 0.25) is 0 Å². The van der Waals surface area contributed by atoms with Crippen molar-refractivity contribution in [3.63, 3.8) is 0 Å². The van der Waals surface area contributed by atoms with Gasteiger partial charge in [0.1, 0.15) is 11.7 Å². The smallest absolute Gasteiger partial charge is 0.272 e. The number of imidazole rings is 1. The molecule has 8 nitrogen and oxygen atoms in total. The molecule has 1 aliphatic rings. The molecule has 20 heavy (non-hydrogen) atoms.